The van der Waals surface area contributed by atoms with Gasteiger partial charge in [-0.15, -0.1) is 0 Å². The molecule has 1 aromatic carbocycles. The van der Waals surface area contributed by atoms with Crippen molar-refractivity contribution in [1.82, 2.24) is 10.4 Å². The Hall–Kier alpha value is -1.55. The summed E-state index contributed by atoms with van der Waals surface area (Å²) in [6.07, 6.45) is 3.53. The molecule has 0 saturated heterocycles. The van der Waals surface area contributed by atoms with Crippen molar-refractivity contribution < 1.29 is 4.79 Å². The van der Waals surface area contributed by atoms with E-state index in [9.17, 15) is 4.79 Å². The number of nitrogens with one attached hydrogen (secondary N) is 2. The lowest BCUT2D eigenvalue weighted by molar-refractivity contribution is 0.0858. The Morgan fingerprint density at radius 3 is 2.61 bits per heavy atom. The maximum Gasteiger partial charge on any atom is 0.267 e. The summed E-state index contributed by atoms with van der Waals surface area (Å²) in [6.45, 7) is 3.08. The van der Waals surface area contributed by atoms with Gasteiger partial charge in [-0.2, -0.15) is 0 Å². The number of anilines is 1. The standard InChI is InChI=1S/C14H23N3O/c1-4-5-8-11-15-13-10-7-6-9-12(13)14(18)16-17(2)3/h6-7,9-10,15H,4-5,8,11H2,1-3H3,(H,16,18). The van der Waals surface area contributed by atoms with Gasteiger partial charge in [0.25, 0.3) is 5.91 Å². The van der Waals surface area contributed by atoms with Crippen LogP contribution in [0.3, 0.4) is 0 Å². The number of nitrogens with zero attached hydrogens (tertiary/aromatic N) is 1. The zero-order chi connectivity index (χ0) is 13.4. The van der Waals surface area contributed by atoms with Gasteiger partial charge in [0.15, 0.2) is 0 Å². The third kappa shape index (κ3) is 4.75. The number of hydrazine groups is 1. The van der Waals surface area contributed by atoms with Gasteiger partial charge in [-0.1, -0.05) is 31.9 Å². The molecule has 0 aliphatic carbocycles. The van der Waals surface area contributed by atoms with E-state index in [0.29, 0.717) is 5.56 Å². The second kappa shape index (κ2) is 7.71. The zero-order valence-electron chi connectivity index (χ0n) is 11.5. The zero-order valence-corrected chi connectivity index (χ0v) is 11.5. The first-order chi connectivity index (χ1) is 8.65. The van der Waals surface area contributed by atoms with Crippen molar-refractivity contribution in [2.75, 3.05) is 26.0 Å². The van der Waals surface area contributed by atoms with Gasteiger partial charge in [-0.3, -0.25) is 10.2 Å². The van der Waals surface area contributed by atoms with Crippen molar-refractivity contribution in [3.05, 3.63) is 29.8 Å². The number of carbonyl (C=O) groups excluding carboxylic acids is 1. The molecule has 0 radical (unpaired) electrons. The van der Waals surface area contributed by atoms with Crippen LogP contribution in [0.5, 0.6) is 0 Å². The molecule has 0 aliphatic rings. The minimum atomic E-state index is -0.0846. The predicted octanol–water partition coefficient (Wildman–Crippen LogP) is 2.50. The number of hydrogen-bond donors (Lipinski definition) is 2. The van der Waals surface area contributed by atoms with E-state index in [1.165, 1.54) is 12.8 Å². The van der Waals surface area contributed by atoms with Crippen molar-refractivity contribution in [3.63, 3.8) is 0 Å². The lowest BCUT2D eigenvalue weighted by Crippen LogP contribution is -2.36. The summed E-state index contributed by atoms with van der Waals surface area (Å²) < 4.78 is 0. The van der Waals surface area contributed by atoms with Crippen LogP contribution in [0.2, 0.25) is 0 Å². The summed E-state index contributed by atoms with van der Waals surface area (Å²) in [7, 11) is 3.60. The van der Waals surface area contributed by atoms with Crippen molar-refractivity contribution >= 4 is 11.6 Å². The van der Waals surface area contributed by atoms with E-state index >= 15 is 0 Å². The average Bonchev–Trinajstić information content (AvgIpc) is 2.34. The van der Waals surface area contributed by atoms with Crippen LogP contribution in [0.1, 0.15) is 36.5 Å². The third-order valence-electron chi connectivity index (χ3n) is 2.59. The molecule has 0 aliphatic heterocycles. The van der Waals surface area contributed by atoms with Gasteiger partial charge in [0, 0.05) is 26.3 Å². The van der Waals surface area contributed by atoms with E-state index < -0.39 is 0 Å². The maximum atomic E-state index is 12.0. The molecule has 0 atom stereocenters. The summed E-state index contributed by atoms with van der Waals surface area (Å²) in [6, 6.07) is 7.59. The van der Waals surface area contributed by atoms with E-state index in [4.69, 9.17) is 0 Å². The van der Waals surface area contributed by atoms with Crippen molar-refractivity contribution in [1.29, 1.82) is 0 Å². The summed E-state index contributed by atoms with van der Waals surface area (Å²) in [4.78, 5) is 12.0. The Morgan fingerprint density at radius 1 is 1.22 bits per heavy atom. The van der Waals surface area contributed by atoms with Crippen LogP contribution in [0.25, 0.3) is 0 Å². The average molecular weight is 249 g/mol. The first-order valence-corrected chi connectivity index (χ1v) is 6.46. The van der Waals surface area contributed by atoms with E-state index in [1.54, 1.807) is 19.1 Å². The maximum absolute atomic E-state index is 12.0. The summed E-state index contributed by atoms with van der Waals surface area (Å²) in [5, 5.41) is 4.97. The topological polar surface area (TPSA) is 44.4 Å². The lowest BCUT2D eigenvalue weighted by atomic mass is 10.1. The first kappa shape index (κ1) is 14.5. The van der Waals surface area contributed by atoms with Gasteiger partial charge >= 0.3 is 0 Å². The fourth-order valence-corrected chi connectivity index (χ4v) is 1.70. The minimum Gasteiger partial charge on any atom is -0.384 e. The SMILES string of the molecule is CCCCCNc1ccccc1C(=O)NN(C)C. The highest BCUT2D eigenvalue weighted by atomic mass is 16.2. The number of hydrogen-bond acceptors (Lipinski definition) is 3. The molecule has 18 heavy (non-hydrogen) atoms. The van der Waals surface area contributed by atoms with Crippen molar-refractivity contribution in [2.24, 2.45) is 0 Å². The molecule has 1 aromatic rings. The predicted molar refractivity (Wildman–Crippen MR) is 75.6 cm³/mol. The van der Waals surface area contributed by atoms with Crippen LogP contribution in [0, 0.1) is 0 Å². The van der Waals surface area contributed by atoms with Crippen LogP contribution < -0.4 is 10.7 Å². The molecule has 1 rings (SSSR count). The molecular formula is C14H23N3O. The van der Waals surface area contributed by atoms with Gasteiger partial charge < -0.3 is 5.32 Å². The Labute approximate surface area is 109 Å². The molecule has 1 amide bonds. The van der Waals surface area contributed by atoms with Gasteiger partial charge in [0.2, 0.25) is 0 Å². The third-order valence-corrected chi connectivity index (χ3v) is 2.59. The van der Waals surface area contributed by atoms with Gasteiger partial charge in [0.05, 0.1) is 5.56 Å². The smallest absolute Gasteiger partial charge is 0.267 e. The van der Waals surface area contributed by atoms with Gasteiger partial charge in [-0.05, 0) is 18.6 Å². The number of amides is 1. The van der Waals surface area contributed by atoms with Crippen molar-refractivity contribution in [2.45, 2.75) is 26.2 Å². The Bertz CT molecular complexity index is 377. The number of rotatable bonds is 7. The normalized spacial score (nSPS) is 10.4. The lowest BCUT2D eigenvalue weighted by Gasteiger charge is -2.15. The summed E-state index contributed by atoms with van der Waals surface area (Å²) >= 11 is 0. The Balaban J connectivity index is 2.64. The molecule has 4 nitrogen and oxygen atoms in total. The molecule has 2 N–H and O–H groups in total. The monoisotopic (exact) mass is 249 g/mol. The molecule has 0 unspecified atom stereocenters. The van der Waals surface area contributed by atoms with E-state index in [1.807, 2.05) is 24.3 Å². The summed E-state index contributed by atoms with van der Waals surface area (Å²) in [5.74, 6) is -0.0846. The van der Waals surface area contributed by atoms with Crippen LogP contribution in [-0.4, -0.2) is 31.6 Å². The number of benzene rings is 1. The fraction of sp³-hybridized carbons (Fsp3) is 0.500. The number of para-hydroxylation sites is 1. The first-order valence-electron chi connectivity index (χ1n) is 6.46. The molecule has 0 bridgehead atoms. The second-order valence-electron chi connectivity index (χ2n) is 4.51. The highest BCUT2D eigenvalue weighted by Crippen LogP contribution is 2.15. The highest BCUT2D eigenvalue weighted by molar-refractivity contribution is 5.99. The Kier molecular flexibility index (Phi) is 6.22. The largest absolute Gasteiger partial charge is 0.384 e. The highest BCUT2D eigenvalue weighted by Gasteiger charge is 2.10. The van der Waals surface area contributed by atoms with E-state index in [2.05, 4.69) is 17.7 Å². The quantitative estimate of drug-likeness (QED) is 0.576. The molecule has 0 spiro atoms. The molecule has 100 valence electrons. The van der Waals surface area contributed by atoms with Crippen LogP contribution in [0.4, 0.5) is 5.69 Å². The number of carbonyl (C=O) groups is 1. The Morgan fingerprint density at radius 2 is 1.94 bits per heavy atom. The van der Waals surface area contributed by atoms with Gasteiger partial charge in [-0.25, -0.2) is 5.01 Å². The molecule has 0 saturated carbocycles. The second-order valence-corrected chi connectivity index (χ2v) is 4.51. The van der Waals surface area contributed by atoms with E-state index in [-0.39, 0.29) is 5.91 Å². The molecular weight excluding hydrogens is 226 g/mol. The molecule has 0 fully saturated rings. The van der Waals surface area contributed by atoms with Gasteiger partial charge in [0.1, 0.15) is 0 Å². The van der Waals surface area contributed by atoms with Crippen molar-refractivity contribution in [3.8, 4) is 0 Å². The van der Waals surface area contributed by atoms with E-state index in [0.717, 1.165) is 18.7 Å². The minimum absolute atomic E-state index is 0.0846. The molecule has 4 heteroatoms. The van der Waals surface area contributed by atoms with Crippen LogP contribution >= 0.6 is 0 Å². The molecule has 0 heterocycles. The van der Waals surface area contributed by atoms with Crippen LogP contribution in [-0.2, 0) is 0 Å². The molecule has 0 aromatic heterocycles. The van der Waals surface area contributed by atoms with Crippen LogP contribution in [0.15, 0.2) is 24.3 Å². The fourth-order valence-electron chi connectivity index (χ4n) is 1.70. The summed E-state index contributed by atoms with van der Waals surface area (Å²) in [5.41, 5.74) is 4.33. The number of unbranched alkanes of at least 4 members (excludes halogenated alkanes) is 2.